The van der Waals surface area contributed by atoms with Crippen molar-refractivity contribution >= 4 is 17.3 Å². The predicted molar refractivity (Wildman–Crippen MR) is 141 cm³/mol. The number of rotatable bonds is 8. The fraction of sp³-hybridized carbons (Fsp3) is 0.379. The van der Waals surface area contributed by atoms with E-state index in [1.807, 2.05) is 44.4 Å². The van der Waals surface area contributed by atoms with Crippen LogP contribution in [0.5, 0.6) is 0 Å². The molecule has 0 bridgehead atoms. The Bertz CT molecular complexity index is 1250. The minimum Gasteiger partial charge on any atom is -0.393 e. The summed E-state index contributed by atoms with van der Waals surface area (Å²) in [6.45, 7) is 4.88. The normalized spacial score (nSPS) is 19.2. The Morgan fingerprint density at radius 2 is 1.69 bits per heavy atom. The summed E-state index contributed by atoms with van der Waals surface area (Å²) in [6.07, 6.45) is 5.62. The Hall–Kier alpha value is -3.22. The Kier molecular flexibility index (Phi) is 6.58. The summed E-state index contributed by atoms with van der Waals surface area (Å²) in [6, 6.07) is 14.6. The van der Waals surface area contributed by atoms with Crippen molar-refractivity contribution in [1.82, 2.24) is 10.3 Å². The van der Waals surface area contributed by atoms with Crippen molar-refractivity contribution in [3.05, 3.63) is 76.6 Å². The zero-order valence-electron chi connectivity index (χ0n) is 20.7. The van der Waals surface area contributed by atoms with Gasteiger partial charge < -0.3 is 21.1 Å². The van der Waals surface area contributed by atoms with E-state index in [4.69, 9.17) is 0 Å². The average Bonchev–Trinajstić information content (AvgIpc) is 3.68. The van der Waals surface area contributed by atoms with Gasteiger partial charge in [0.2, 0.25) is 0 Å². The molecule has 4 N–H and O–H groups in total. The van der Waals surface area contributed by atoms with Gasteiger partial charge in [0.1, 0.15) is 5.69 Å². The molecule has 182 valence electrons. The summed E-state index contributed by atoms with van der Waals surface area (Å²) < 4.78 is 0. The third kappa shape index (κ3) is 4.95. The number of hydrogen-bond acceptors (Lipinski definition) is 5. The monoisotopic (exact) mass is 470 g/mol. The van der Waals surface area contributed by atoms with Gasteiger partial charge in [-0.2, -0.15) is 0 Å². The first-order chi connectivity index (χ1) is 16.9. The zero-order chi connectivity index (χ0) is 24.5. The van der Waals surface area contributed by atoms with E-state index < -0.39 is 0 Å². The number of aromatic nitrogens is 1. The SMILES string of the molecule is CNc1cccc(-c2cccc(NC(=O)c3cc(C4CC4)c(CNC4CC(O)C4)cn3)c2C)c1C. The first-order valence-electron chi connectivity index (χ1n) is 12.5. The highest BCUT2D eigenvalue weighted by molar-refractivity contribution is 6.04. The fourth-order valence-electron chi connectivity index (χ4n) is 5.00. The van der Waals surface area contributed by atoms with Crippen LogP contribution < -0.4 is 16.0 Å². The minimum atomic E-state index is -0.186. The quantitative estimate of drug-likeness (QED) is 0.366. The van der Waals surface area contributed by atoms with Crippen molar-refractivity contribution in [1.29, 1.82) is 0 Å². The molecule has 0 atom stereocenters. The van der Waals surface area contributed by atoms with E-state index >= 15 is 0 Å². The van der Waals surface area contributed by atoms with Crippen LogP contribution in [-0.2, 0) is 6.54 Å². The third-order valence-corrected chi connectivity index (χ3v) is 7.44. The maximum absolute atomic E-state index is 13.2. The number of carbonyl (C=O) groups is 1. The van der Waals surface area contributed by atoms with Crippen LogP contribution in [0.3, 0.4) is 0 Å². The fourth-order valence-corrected chi connectivity index (χ4v) is 5.00. The van der Waals surface area contributed by atoms with Crippen molar-refractivity contribution in [3.8, 4) is 11.1 Å². The molecule has 2 aliphatic rings. The smallest absolute Gasteiger partial charge is 0.274 e. The molecule has 5 rings (SSSR count). The highest BCUT2D eigenvalue weighted by Gasteiger charge is 2.30. The van der Waals surface area contributed by atoms with Gasteiger partial charge in [0, 0.05) is 37.2 Å². The topological polar surface area (TPSA) is 86.3 Å². The van der Waals surface area contributed by atoms with E-state index in [2.05, 4.69) is 46.1 Å². The number of nitrogens with zero attached hydrogens (tertiary/aromatic N) is 1. The summed E-state index contributed by atoms with van der Waals surface area (Å²) >= 11 is 0. The van der Waals surface area contributed by atoms with Gasteiger partial charge in [0.15, 0.2) is 0 Å². The Labute approximate surface area is 207 Å². The number of aliphatic hydroxyl groups excluding tert-OH is 1. The number of nitrogens with one attached hydrogen (secondary N) is 3. The molecule has 0 aliphatic heterocycles. The maximum atomic E-state index is 13.2. The van der Waals surface area contributed by atoms with Gasteiger partial charge >= 0.3 is 0 Å². The lowest BCUT2D eigenvalue weighted by Gasteiger charge is -2.32. The van der Waals surface area contributed by atoms with Crippen LogP contribution >= 0.6 is 0 Å². The standard InChI is InChI=1S/C29H34N4O2/c1-17-23(6-4-8-26(17)30-3)24-7-5-9-27(18(24)2)33-29(35)28-14-25(19-10-11-19)20(16-32-28)15-31-21-12-22(34)13-21/h4-9,14,16,19,21-22,30-31,34H,10-13,15H2,1-3H3,(H,33,35). The van der Waals surface area contributed by atoms with Crippen LogP contribution in [0.25, 0.3) is 11.1 Å². The minimum absolute atomic E-state index is 0.169. The van der Waals surface area contributed by atoms with Gasteiger partial charge in [-0.25, -0.2) is 0 Å². The molecule has 1 heterocycles. The van der Waals surface area contributed by atoms with Gasteiger partial charge in [-0.3, -0.25) is 9.78 Å². The van der Waals surface area contributed by atoms with Crippen LogP contribution in [0, 0.1) is 13.8 Å². The molecule has 2 fully saturated rings. The van der Waals surface area contributed by atoms with E-state index in [-0.39, 0.29) is 12.0 Å². The van der Waals surface area contributed by atoms with Crippen molar-refractivity contribution < 1.29 is 9.90 Å². The Morgan fingerprint density at radius 3 is 2.31 bits per heavy atom. The van der Waals surface area contributed by atoms with Crippen LogP contribution in [0.4, 0.5) is 11.4 Å². The van der Waals surface area contributed by atoms with Gasteiger partial charge in [-0.05, 0) is 97.0 Å². The molecule has 0 radical (unpaired) electrons. The second kappa shape index (κ2) is 9.80. The molecule has 3 aromatic rings. The highest BCUT2D eigenvalue weighted by Crippen LogP contribution is 2.42. The summed E-state index contributed by atoms with van der Waals surface area (Å²) in [5.41, 5.74) is 9.18. The van der Waals surface area contributed by atoms with Gasteiger partial charge in [-0.15, -0.1) is 0 Å². The summed E-state index contributed by atoms with van der Waals surface area (Å²) in [5.74, 6) is 0.329. The zero-order valence-corrected chi connectivity index (χ0v) is 20.7. The molecule has 6 nitrogen and oxygen atoms in total. The van der Waals surface area contributed by atoms with Crippen molar-refractivity contribution in [2.45, 2.75) is 64.1 Å². The van der Waals surface area contributed by atoms with Crippen molar-refractivity contribution in [3.63, 3.8) is 0 Å². The first-order valence-corrected chi connectivity index (χ1v) is 12.5. The van der Waals surface area contributed by atoms with E-state index in [9.17, 15) is 9.90 Å². The average molecular weight is 471 g/mol. The number of anilines is 2. The van der Waals surface area contributed by atoms with E-state index in [1.165, 1.54) is 11.1 Å². The molecule has 0 saturated heterocycles. The molecule has 2 saturated carbocycles. The molecule has 1 aromatic heterocycles. The van der Waals surface area contributed by atoms with Gasteiger partial charge in [0.05, 0.1) is 6.10 Å². The Balaban J connectivity index is 1.35. The first kappa shape index (κ1) is 23.5. The van der Waals surface area contributed by atoms with E-state index in [1.54, 1.807) is 0 Å². The van der Waals surface area contributed by atoms with E-state index in [0.29, 0.717) is 17.7 Å². The third-order valence-electron chi connectivity index (χ3n) is 7.44. The lowest BCUT2D eigenvalue weighted by Crippen LogP contribution is -2.43. The number of amides is 1. The highest BCUT2D eigenvalue weighted by atomic mass is 16.3. The second-order valence-electron chi connectivity index (χ2n) is 9.91. The van der Waals surface area contributed by atoms with Crippen LogP contribution in [0.1, 0.15) is 64.3 Å². The molecule has 0 spiro atoms. The predicted octanol–water partition coefficient (Wildman–Crippen LogP) is 5.15. The number of hydrogen-bond donors (Lipinski definition) is 4. The molecular weight excluding hydrogens is 436 g/mol. The molecule has 6 heteroatoms. The van der Waals surface area contributed by atoms with Crippen LogP contribution in [-0.4, -0.2) is 35.2 Å². The molecule has 2 aromatic carbocycles. The molecule has 0 unspecified atom stereocenters. The summed E-state index contributed by atoms with van der Waals surface area (Å²) in [5, 5.41) is 19.4. The molecule has 35 heavy (non-hydrogen) atoms. The number of carbonyl (C=O) groups excluding carboxylic acids is 1. The van der Waals surface area contributed by atoms with Crippen LogP contribution in [0.2, 0.25) is 0 Å². The number of benzene rings is 2. The van der Waals surface area contributed by atoms with Crippen molar-refractivity contribution in [2.75, 3.05) is 17.7 Å². The molecule has 2 aliphatic carbocycles. The summed E-state index contributed by atoms with van der Waals surface area (Å²) in [7, 11) is 1.93. The lowest BCUT2D eigenvalue weighted by atomic mass is 9.89. The van der Waals surface area contributed by atoms with Gasteiger partial charge in [0.25, 0.3) is 5.91 Å². The lowest BCUT2D eigenvalue weighted by molar-refractivity contribution is 0.0619. The Morgan fingerprint density at radius 1 is 1.03 bits per heavy atom. The van der Waals surface area contributed by atoms with Crippen LogP contribution in [0.15, 0.2) is 48.7 Å². The summed E-state index contributed by atoms with van der Waals surface area (Å²) in [4.78, 5) is 17.7. The van der Waals surface area contributed by atoms with Gasteiger partial charge in [-0.1, -0.05) is 24.3 Å². The maximum Gasteiger partial charge on any atom is 0.274 e. The molecular formula is C29H34N4O2. The largest absolute Gasteiger partial charge is 0.393 e. The van der Waals surface area contributed by atoms with E-state index in [0.717, 1.165) is 65.9 Å². The molecule has 1 amide bonds. The number of pyridine rings is 1. The second-order valence-corrected chi connectivity index (χ2v) is 9.91. The number of aliphatic hydroxyl groups is 1. The van der Waals surface area contributed by atoms with Crippen molar-refractivity contribution in [2.24, 2.45) is 0 Å².